The number of rotatable bonds is 7. The number of anilines is 1. The third-order valence-corrected chi connectivity index (χ3v) is 8.27. The first-order valence-corrected chi connectivity index (χ1v) is 13.1. The number of amides is 2. The van der Waals surface area contributed by atoms with Crippen molar-refractivity contribution < 1.29 is 19.1 Å². The van der Waals surface area contributed by atoms with Crippen molar-refractivity contribution in [2.75, 3.05) is 31.8 Å². The maximum Gasteiger partial charge on any atom is 0.255 e. The molecule has 4 aromatic rings. The Morgan fingerprint density at radius 1 is 1.08 bits per heavy atom. The van der Waals surface area contributed by atoms with Gasteiger partial charge in [-0.1, -0.05) is 30.3 Å². The van der Waals surface area contributed by atoms with E-state index in [1.807, 2.05) is 55.6 Å². The van der Waals surface area contributed by atoms with Crippen LogP contribution in [0.4, 0.5) is 5.69 Å². The zero-order valence-electron chi connectivity index (χ0n) is 21.0. The fourth-order valence-electron chi connectivity index (χ4n) is 4.70. The van der Waals surface area contributed by atoms with Crippen molar-refractivity contribution in [3.05, 3.63) is 84.1 Å². The number of thioether (sulfide) groups is 1. The first-order valence-electron chi connectivity index (χ1n) is 12.1. The van der Waals surface area contributed by atoms with Gasteiger partial charge < -0.3 is 24.7 Å². The summed E-state index contributed by atoms with van der Waals surface area (Å²) in [6.45, 7) is 2.23. The molecule has 3 aromatic carbocycles. The number of aromatic amines is 1. The number of nitrogens with one attached hydrogen (secondary N) is 2. The number of carbonyl (C=O) groups excluding carboxylic acids is 2. The highest BCUT2D eigenvalue weighted by Gasteiger charge is 2.45. The van der Waals surface area contributed by atoms with Gasteiger partial charge in [-0.3, -0.25) is 9.59 Å². The zero-order valence-corrected chi connectivity index (χ0v) is 21.9. The standard InChI is InChI=1S/C29H29N3O4S/c1-29(28(34)31-24-13-12-20(35-2)16-25(24)36-3)18-37-26-11-7-5-9-22(26)27(33)32(29)15-14-19-17-30-23-10-6-4-8-21(19)23/h4-13,16-17,30H,14-15,18H2,1-3H3,(H,31,34). The van der Waals surface area contributed by atoms with Crippen LogP contribution in [-0.4, -0.2) is 53.8 Å². The molecule has 2 N–H and O–H groups in total. The number of para-hydroxylation sites is 1. The van der Waals surface area contributed by atoms with Gasteiger partial charge in [-0.15, -0.1) is 11.8 Å². The summed E-state index contributed by atoms with van der Waals surface area (Å²) in [5.41, 5.74) is 2.17. The summed E-state index contributed by atoms with van der Waals surface area (Å²) in [4.78, 5) is 33.8. The number of fused-ring (bicyclic) bond motifs is 2. The predicted octanol–water partition coefficient (Wildman–Crippen LogP) is 5.37. The molecule has 1 unspecified atom stereocenters. The lowest BCUT2D eigenvalue weighted by Gasteiger charge is -2.38. The largest absolute Gasteiger partial charge is 0.497 e. The molecular formula is C29H29N3O4S. The Morgan fingerprint density at radius 3 is 2.68 bits per heavy atom. The molecule has 0 bridgehead atoms. The summed E-state index contributed by atoms with van der Waals surface area (Å²) in [6, 6.07) is 20.9. The molecule has 1 atom stereocenters. The molecule has 37 heavy (non-hydrogen) atoms. The van der Waals surface area contributed by atoms with Crippen molar-refractivity contribution in [3.63, 3.8) is 0 Å². The van der Waals surface area contributed by atoms with E-state index in [4.69, 9.17) is 9.47 Å². The van der Waals surface area contributed by atoms with Crippen molar-refractivity contribution in [2.24, 2.45) is 0 Å². The molecule has 0 spiro atoms. The quantitative estimate of drug-likeness (QED) is 0.346. The van der Waals surface area contributed by atoms with Gasteiger partial charge in [-0.2, -0.15) is 0 Å². The number of aromatic nitrogens is 1. The van der Waals surface area contributed by atoms with Crippen molar-refractivity contribution in [1.82, 2.24) is 9.88 Å². The van der Waals surface area contributed by atoms with Crippen molar-refractivity contribution in [2.45, 2.75) is 23.8 Å². The lowest BCUT2D eigenvalue weighted by molar-refractivity contribution is -0.124. The van der Waals surface area contributed by atoms with Gasteiger partial charge in [0.1, 0.15) is 17.0 Å². The number of hydrogen-bond acceptors (Lipinski definition) is 5. The predicted molar refractivity (Wildman–Crippen MR) is 147 cm³/mol. The van der Waals surface area contributed by atoms with E-state index in [1.165, 1.54) is 11.8 Å². The molecule has 1 aliphatic heterocycles. The number of carbonyl (C=O) groups is 2. The highest BCUT2D eigenvalue weighted by molar-refractivity contribution is 7.99. The molecule has 0 radical (unpaired) electrons. The van der Waals surface area contributed by atoms with Crippen molar-refractivity contribution in [3.8, 4) is 11.5 Å². The lowest BCUT2D eigenvalue weighted by atomic mass is 9.98. The van der Waals surface area contributed by atoms with Gasteiger partial charge in [-0.25, -0.2) is 0 Å². The molecule has 1 aromatic heterocycles. The van der Waals surface area contributed by atoms with E-state index in [-0.39, 0.29) is 11.8 Å². The molecule has 2 amide bonds. The molecule has 0 saturated heterocycles. The third-order valence-electron chi connectivity index (χ3n) is 6.89. The van der Waals surface area contributed by atoms with Crippen LogP contribution in [0.1, 0.15) is 22.8 Å². The van der Waals surface area contributed by atoms with Crippen LogP contribution in [0.25, 0.3) is 10.9 Å². The first-order chi connectivity index (χ1) is 17.9. The highest BCUT2D eigenvalue weighted by atomic mass is 32.2. The smallest absolute Gasteiger partial charge is 0.255 e. The van der Waals surface area contributed by atoms with Crippen LogP contribution in [0.3, 0.4) is 0 Å². The molecule has 0 fully saturated rings. The van der Waals surface area contributed by atoms with Crippen LogP contribution in [0.2, 0.25) is 0 Å². The first kappa shape index (κ1) is 24.8. The van der Waals surface area contributed by atoms with Crippen LogP contribution < -0.4 is 14.8 Å². The van der Waals surface area contributed by atoms with E-state index in [9.17, 15) is 9.59 Å². The molecule has 7 nitrogen and oxygen atoms in total. The van der Waals surface area contributed by atoms with Crippen LogP contribution >= 0.6 is 11.8 Å². The minimum Gasteiger partial charge on any atom is -0.497 e. The van der Waals surface area contributed by atoms with Gasteiger partial charge in [0, 0.05) is 40.4 Å². The Balaban J connectivity index is 1.48. The van der Waals surface area contributed by atoms with Gasteiger partial charge in [0.15, 0.2) is 0 Å². The van der Waals surface area contributed by atoms with Gasteiger partial charge in [0.2, 0.25) is 0 Å². The molecule has 190 valence electrons. The van der Waals surface area contributed by atoms with E-state index in [0.29, 0.717) is 41.5 Å². The van der Waals surface area contributed by atoms with Gasteiger partial charge in [0.25, 0.3) is 11.8 Å². The molecule has 5 rings (SSSR count). The molecule has 0 aliphatic carbocycles. The highest BCUT2D eigenvalue weighted by Crippen LogP contribution is 2.37. The van der Waals surface area contributed by atoms with Crippen LogP contribution in [-0.2, 0) is 11.2 Å². The van der Waals surface area contributed by atoms with Gasteiger partial charge in [0.05, 0.1) is 25.5 Å². The second-order valence-corrected chi connectivity index (χ2v) is 10.2. The van der Waals surface area contributed by atoms with Crippen LogP contribution in [0.15, 0.2) is 77.8 Å². The second-order valence-electron chi connectivity index (χ2n) is 9.15. The Kier molecular flexibility index (Phi) is 6.84. The minimum absolute atomic E-state index is 0.153. The monoisotopic (exact) mass is 515 g/mol. The van der Waals surface area contributed by atoms with Crippen molar-refractivity contribution >= 4 is 40.2 Å². The number of hydrogen-bond donors (Lipinski definition) is 2. The average Bonchev–Trinajstić information content (AvgIpc) is 3.30. The summed E-state index contributed by atoms with van der Waals surface area (Å²) in [7, 11) is 3.12. The number of ether oxygens (including phenoxy) is 2. The molecule has 2 heterocycles. The van der Waals surface area contributed by atoms with Crippen LogP contribution in [0, 0.1) is 0 Å². The van der Waals surface area contributed by atoms with E-state index >= 15 is 0 Å². The Morgan fingerprint density at radius 2 is 1.86 bits per heavy atom. The van der Waals surface area contributed by atoms with E-state index < -0.39 is 5.54 Å². The summed E-state index contributed by atoms with van der Waals surface area (Å²) in [5, 5.41) is 4.14. The molecular weight excluding hydrogens is 486 g/mol. The summed E-state index contributed by atoms with van der Waals surface area (Å²) in [5.74, 6) is 1.09. The number of methoxy groups -OCH3 is 2. The SMILES string of the molecule is COc1ccc(NC(=O)C2(C)CSc3ccccc3C(=O)N2CCc2c[nH]c3ccccc23)c(OC)c1. The number of benzene rings is 3. The summed E-state index contributed by atoms with van der Waals surface area (Å²) in [6.07, 6.45) is 2.59. The molecule has 8 heteroatoms. The van der Waals surface area contributed by atoms with E-state index in [2.05, 4.69) is 16.4 Å². The summed E-state index contributed by atoms with van der Waals surface area (Å²) < 4.78 is 10.8. The maximum atomic E-state index is 13.9. The Hall–Kier alpha value is -3.91. The Bertz CT molecular complexity index is 1470. The summed E-state index contributed by atoms with van der Waals surface area (Å²) >= 11 is 1.52. The molecule has 1 aliphatic rings. The fourth-order valence-corrected chi connectivity index (χ4v) is 5.91. The maximum absolute atomic E-state index is 13.9. The van der Waals surface area contributed by atoms with E-state index in [0.717, 1.165) is 21.4 Å². The van der Waals surface area contributed by atoms with Crippen molar-refractivity contribution in [1.29, 1.82) is 0 Å². The van der Waals surface area contributed by atoms with Gasteiger partial charge in [-0.05, 0) is 49.2 Å². The lowest BCUT2D eigenvalue weighted by Crippen LogP contribution is -2.58. The van der Waals surface area contributed by atoms with Gasteiger partial charge >= 0.3 is 0 Å². The fraction of sp³-hybridized carbons (Fsp3) is 0.241. The topological polar surface area (TPSA) is 83.7 Å². The number of H-pyrrole nitrogens is 1. The third kappa shape index (κ3) is 4.64. The normalized spacial score (nSPS) is 17.3. The second kappa shape index (κ2) is 10.2. The molecule has 0 saturated carbocycles. The minimum atomic E-state index is -1.11. The zero-order chi connectivity index (χ0) is 26.0. The average molecular weight is 516 g/mol. The Labute approximate surface area is 220 Å². The van der Waals surface area contributed by atoms with E-state index in [1.54, 1.807) is 37.3 Å². The van der Waals surface area contributed by atoms with Crippen LogP contribution in [0.5, 0.6) is 11.5 Å². The number of nitrogens with zero attached hydrogens (tertiary/aromatic N) is 1.